The molecule has 26 heavy (non-hydrogen) atoms. The molecule has 1 aliphatic rings. The van der Waals surface area contributed by atoms with E-state index in [0.29, 0.717) is 30.1 Å². The van der Waals surface area contributed by atoms with Crippen LogP contribution in [0.15, 0.2) is 36.8 Å². The SMILES string of the molecule is Cn1ccc2ncnc(Nc3ccc(F)cc3O[C@H]3CC[C@H](O)CC3)c21. The van der Waals surface area contributed by atoms with Gasteiger partial charge in [-0.1, -0.05) is 0 Å². The van der Waals surface area contributed by atoms with E-state index < -0.39 is 0 Å². The van der Waals surface area contributed by atoms with Gasteiger partial charge in [0.15, 0.2) is 5.82 Å². The van der Waals surface area contributed by atoms with E-state index in [2.05, 4.69) is 15.3 Å². The Morgan fingerprint density at radius 1 is 1.19 bits per heavy atom. The highest BCUT2D eigenvalue weighted by Crippen LogP contribution is 2.33. The zero-order valence-electron chi connectivity index (χ0n) is 14.5. The van der Waals surface area contributed by atoms with Crippen LogP contribution < -0.4 is 10.1 Å². The Morgan fingerprint density at radius 2 is 2.00 bits per heavy atom. The van der Waals surface area contributed by atoms with Crippen molar-refractivity contribution in [2.24, 2.45) is 7.05 Å². The number of hydrogen-bond donors (Lipinski definition) is 2. The van der Waals surface area contributed by atoms with Crippen molar-refractivity contribution in [2.75, 3.05) is 5.32 Å². The fraction of sp³-hybridized carbons (Fsp3) is 0.368. The van der Waals surface area contributed by atoms with Crippen molar-refractivity contribution in [1.29, 1.82) is 0 Å². The van der Waals surface area contributed by atoms with Crippen molar-refractivity contribution in [3.8, 4) is 5.75 Å². The number of aryl methyl sites for hydroxylation is 1. The number of halogens is 1. The van der Waals surface area contributed by atoms with Gasteiger partial charge in [0.1, 0.15) is 23.4 Å². The number of hydrogen-bond acceptors (Lipinski definition) is 5. The fourth-order valence-electron chi connectivity index (χ4n) is 3.38. The largest absolute Gasteiger partial charge is 0.488 e. The fourth-order valence-corrected chi connectivity index (χ4v) is 3.38. The second-order valence-electron chi connectivity index (χ2n) is 6.70. The number of ether oxygens (including phenoxy) is 1. The molecule has 0 radical (unpaired) electrons. The number of nitrogens with one attached hydrogen (secondary N) is 1. The molecule has 2 N–H and O–H groups in total. The Morgan fingerprint density at radius 3 is 2.81 bits per heavy atom. The molecule has 3 aromatic rings. The molecule has 2 heterocycles. The van der Waals surface area contributed by atoms with E-state index in [-0.39, 0.29) is 18.0 Å². The van der Waals surface area contributed by atoms with E-state index >= 15 is 0 Å². The number of anilines is 2. The molecule has 0 spiro atoms. The molecule has 0 aliphatic heterocycles. The predicted octanol–water partition coefficient (Wildman–Crippen LogP) is 3.53. The maximum atomic E-state index is 13.8. The molecule has 2 aromatic heterocycles. The molecule has 0 amide bonds. The highest BCUT2D eigenvalue weighted by atomic mass is 19.1. The first-order valence-electron chi connectivity index (χ1n) is 8.77. The van der Waals surface area contributed by atoms with Crippen LogP contribution in [-0.2, 0) is 7.05 Å². The minimum Gasteiger partial charge on any atom is -0.488 e. The predicted molar refractivity (Wildman–Crippen MR) is 97.1 cm³/mol. The maximum absolute atomic E-state index is 13.8. The first kappa shape index (κ1) is 16.8. The van der Waals surface area contributed by atoms with Gasteiger partial charge < -0.3 is 19.7 Å². The van der Waals surface area contributed by atoms with Gasteiger partial charge in [-0.05, 0) is 43.9 Å². The smallest absolute Gasteiger partial charge is 0.158 e. The van der Waals surface area contributed by atoms with Gasteiger partial charge in [0.2, 0.25) is 0 Å². The van der Waals surface area contributed by atoms with Crippen LogP contribution in [0.1, 0.15) is 25.7 Å². The van der Waals surface area contributed by atoms with E-state index in [1.807, 2.05) is 23.9 Å². The molecule has 7 heteroatoms. The molecule has 1 saturated carbocycles. The first-order chi connectivity index (χ1) is 12.6. The molecular formula is C19H21FN4O2. The second kappa shape index (κ2) is 6.92. The molecule has 1 aromatic carbocycles. The standard InChI is InChI=1S/C19H21FN4O2/c1-24-9-8-16-18(24)19(22-11-21-16)23-15-7-2-12(20)10-17(15)26-14-5-3-13(25)4-6-14/h2,7-11,13-14,25H,3-6H2,1H3,(H,21,22,23)/t13-,14-. The molecule has 1 fully saturated rings. The molecule has 0 atom stereocenters. The van der Waals surface area contributed by atoms with Crippen LogP contribution in [0.25, 0.3) is 11.0 Å². The maximum Gasteiger partial charge on any atom is 0.158 e. The molecule has 4 rings (SSSR count). The quantitative estimate of drug-likeness (QED) is 0.748. The highest BCUT2D eigenvalue weighted by Gasteiger charge is 2.22. The van der Waals surface area contributed by atoms with Crippen LogP contribution in [0.3, 0.4) is 0 Å². The summed E-state index contributed by atoms with van der Waals surface area (Å²) in [5, 5.41) is 12.9. The summed E-state index contributed by atoms with van der Waals surface area (Å²) < 4.78 is 21.8. The molecule has 0 saturated heterocycles. The lowest BCUT2D eigenvalue weighted by atomic mass is 9.95. The normalized spacial score (nSPS) is 20.3. The summed E-state index contributed by atoms with van der Waals surface area (Å²) in [6.07, 6.45) is 6.06. The number of aromatic nitrogens is 3. The highest BCUT2D eigenvalue weighted by molar-refractivity contribution is 5.88. The van der Waals surface area contributed by atoms with E-state index in [9.17, 15) is 9.50 Å². The van der Waals surface area contributed by atoms with Gasteiger partial charge in [-0.15, -0.1) is 0 Å². The van der Waals surface area contributed by atoms with Crippen LogP contribution in [0, 0.1) is 5.82 Å². The van der Waals surface area contributed by atoms with Gasteiger partial charge in [0.05, 0.1) is 23.4 Å². The van der Waals surface area contributed by atoms with Crippen molar-refractivity contribution < 1.29 is 14.2 Å². The van der Waals surface area contributed by atoms with Crippen molar-refractivity contribution in [1.82, 2.24) is 14.5 Å². The van der Waals surface area contributed by atoms with Gasteiger partial charge in [-0.3, -0.25) is 0 Å². The summed E-state index contributed by atoms with van der Waals surface area (Å²) in [5.41, 5.74) is 2.35. The van der Waals surface area contributed by atoms with Gasteiger partial charge in [-0.2, -0.15) is 0 Å². The Balaban J connectivity index is 1.63. The minimum absolute atomic E-state index is 0.0267. The topological polar surface area (TPSA) is 72.2 Å². The van der Waals surface area contributed by atoms with Crippen molar-refractivity contribution >= 4 is 22.5 Å². The second-order valence-corrected chi connectivity index (χ2v) is 6.70. The van der Waals surface area contributed by atoms with Crippen LogP contribution in [0.5, 0.6) is 5.75 Å². The Bertz CT molecular complexity index is 919. The number of benzene rings is 1. The Kier molecular flexibility index (Phi) is 4.46. The van der Waals surface area contributed by atoms with Crippen LogP contribution in [0.4, 0.5) is 15.9 Å². The zero-order valence-corrected chi connectivity index (χ0v) is 14.5. The third-order valence-corrected chi connectivity index (χ3v) is 4.79. The summed E-state index contributed by atoms with van der Waals surface area (Å²) in [4.78, 5) is 8.58. The van der Waals surface area contributed by atoms with Crippen molar-refractivity contribution in [3.63, 3.8) is 0 Å². The van der Waals surface area contributed by atoms with Crippen LogP contribution in [-0.4, -0.2) is 31.8 Å². The monoisotopic (exact) mass is 356 g/mol. The summed E-state index contributed by atoms with van der Waals surface area (Å²) in [5.74, 6) is 0.735. The number of fused-ring (bicyclic) bond motifs is 1. The van der Waals surface area contributed by atoms with Gasteiger partial charge in [-0.25, -0.2) is 14.4 Å². The Hall–Kier alpha value is -2.67. The van der Waals surface area contributed by atoms with Crippen molar-refractivity contribution in [3.05, 3.63) is 42.6 Å². The summed E-state index contributed by atoms with van der Waals surface area (Å²) in [6, 6.07) is 6.34. The molecule has 0 unspecified atom stereocenters. The minimum atomic E-state index is -0.354. The number of rotatable bonds is 4. The van der Waals surface area contributed by atoms with Crippen LogP contribution in [0.2, 0.25) is 0 Å². The first-order valence-corrected chi connectivity index (χ1v) is 8.77. The number of aliphatic hydroxyl groups is 1. The molecule has 6 nitrogen and oxygen atoms in total. The van der Waals surface area contributed by atoms with E-state index in [1.165, 1.54) is 18.5 Å². The van der Waals surface area contributed by atoms with Gasteiger partial charge in [0, 0.05) is 19.3 Å². The average molecular weight is 356 g/mol. The lowest BCUT2D eigenvalue weighted by molar-refractivity contribution is 0.0668. The average Bonchev–Trinajstić information content (AvgIpc) is 3.01. The summed E-state index contributed by atoms with van der Waals surface area (Å²) in [7, 11) is 1.92. The van der Waals surface area contributed by atoms with Crippen LogP contribution >= 0.6 is 0 Å². The summed E-state index contributed by atoms with van der Waals surface area (Å²) in [6.45, 7) is 0. The number of aliphatic hydroxyl groups excluding tert-OH is 1. The zero-order chi connectivity index (χ0) is 18.1. The number of nitrogens with zero attached hydrogens (tertiary/aromatic N) is 3. The van der Waals surface area contributed by atoms with E-state index in [1.54, 1.807) is 6.07 Å². The van der Waals surface area contributed by atoms with Gasteiger partial charge >= 0.3 is 0 Å². The Labute approximate surface area is 150 Å². The van der Waals surface area contributed by atoms with E-state index in [4.69, 9.17) is 4.74 Å². The van der Waals surface area contributed by atoms with Gasteiger partial charge in [0.25, 0.3) is 0 Å². The molecule has 1 aliphatic carbocycles. The van der Waals surface area contributed by atoms with E-state index in [0.717, 1.165) is 23.9 Å². The third kappa shape index (κ3) is 3.35. The lowest BCUT2D eigenvalue weighted by Crippen LogP contribution is -2.26. The molecule has 136 valence electrons. The molecular weight excluding hydrogens is 335 g/mol. The lowest BCUT2D eigenvalue weighted by Gasteiger charge is -2.27. The molecule has 0 bridgehead atoms. The summed E-state index contributed by atoms with van der Waals surface area (Å²) >= 11 is 0. The third-order valence-electron chi connectivity index (χ3n) is 4.79. The van der Waals surface area contributed by atoms with Crippen molar-refractivity contribution in [2.45, 2.75) is 37.9 Å².